The topological polar surface area (TPSA) is 68.3 Å². The number of imide groups is 1. The molecule has 5 nitrogen and oxygen atoms in total. The van der Waals surface area contributed by atoms with Gasteiger partial charge in [-0.3, -0.25) is 19.9 Å². The fourth-order valence-electron chi connectivity index (χ4n) is 3.34. The highest BCUT2D eigenvalue weighted by Crippen LogP contribution is 2.43. The number of hydrogen-bond acceptors (Lipinski definition) is 5. The van der Waals surface area contributed by atoms with Gasteiger partial charge < -0.3 is 4.74 Å². The summed E-state index contributed by atoms with van der Waals surface area (Å²) in [4.78, 5) is 27.4. The largest absolute Gasteiger partial charge is 0.457 e. The quantitative estimate of drug-likeness (QED) is 0.925. The number of nitrogens with zero attached hydrogens (tertiary/aromatic N) is 1. The van der Waals surface area contributed by atoms with Crippen molar-refractivity contribution in [2.75, 3.05) is 0 Å². The van der Waals surface area contributed by atoms with Crippen molar-refractivity contribution < 1.29 is 14.3 Å². The third-order valence-corrected chi connectivity index (χ3v) is 5.63. The number of thioether (sulfide) groups is 1. The number of hydrogen-bond donors (Lipinski definition) is 1. The molecule has 1 N–H and O–H groups in total. The van der Waals surface area contributed by atoms with E-state index < -0.39 is 0 Å². The first-order valence-electron chi connectivity index (χ1n) is 7.84. The van der Waals surface area contributed by atoms with E-state index in [0.717, 1.165) is 47.2 Å². The number of ether oxygens (including phenoxy) is 1. The van der Waals surface area contributed by atoms with Gasteiger partial charge in [0.2, 0.25) is 5.91 Å². The van der Waals surface area contributed by atoms with E-state index in [-0.39, 0.29) is 22.3 Å². The molecule has 0 radical (unpaired) electrons. The monoisotopic (exact) mass is 340 g/mol. The van der Waals surface area contributed by atoms with Crippen LogP contribution in [0.3, 0.4) is 0 Å². The van der Waals surface area contributed by atoms with Gasteiger partial charge in [0, 0.05) is 23.9 Å². The van der Waals surface area contributed by atoms with E-state index in [1.54, 1.807) is 12.4 Å². The second-order valence-electron chi connectivity index (χ2n) is 6.06. The molecule has 4 rings (SSSR count). The molecular formula is C18H16N2O3S. The zero-order chi connectivity index (χ0) is 16.7. The van der Waals surface area contributed by atoms with Crippen LogP contribution in [0.25, 0.3) is 0 Å². The molecule has 2 heterocycles. The number of nitrogens with one attached hydrogen (secondary N) is 1. The minimum atomic E-state index is -0.312. The smallest absolute Gasteiger partial charge is 0.286 e. The number of amides is 2. The van der Waals surface area contributed by atoms with E-state index in [0.29, 0.717) is 0 Å². The highest BCUT2D eigenvalue weighted by Gasteiger charge is 2.41. The third-order valence-electron chi connectivity index (χ3n) is 4.52. The number of rotatable bonds is 3. The van der Waals surface area contributed by atoms with Gasteiger partial charge in [-0.15, -0.1) is 0 Å². The average Bonchev–Trinajstić information content (AvgIpc) is 3.11. The molecular weight excluding hydrogens is 324 g/mol. The molecule has 2 amide bonds. The van der Waals surface area contributed by atoms with Crippen LogP contribution in [0.15, 0.2) is 36.7 Å². The number of benzene rings is 1. The first kappa shape index (κ1) is 15.2. The van der Waals surface area contributed by atoms with Gasteiger partial charge >= 0.3 is 0 Å². The summed E-state index contributed by atoms with van der Waals surface area (Å²) in [6.45, 7) is 1.96. The van der Waals surface area contributed by atoms with Gasteiger partial charge in [0.25, 0.3) is 5.24 Å². The molecule has 1 aromatic heterocycles. The van der Waals surface area contributed by atoms with Crippen molar-refractivity contribution in [1.82, 2.24) is 10.3 Å². The van der Waals surface area contributed by atoms with Crippen molar-refractivity contribution >= 4 is 22.9 Å². The molecule has 122 valence electrons. The first-order valence-corrected chi connectivity index (χ1v) is 8.72. The molecule has 2 aromatic rings. The third kappa shape index (κ3) is 2.67. The average molecular weight is 340 g/mol. The molecule has 1 aromatic carbocycles. The van der Waals surface area contributed by atoms with E-state index >= 15 is 0 Å². The van der Waals surface area contributed by atoms with Gasteiger partial charge in [0.1, 0.15) is 16.7 Å². The van der Waals surface area contributed by atoms with Crippen molar-refractivity contribution in [3.05, 3.63) is 53.3 Å². The van der Waals surface area contributed by atoms with Crippen LogP contribution in [-0.4, -0.2) is 21.4 Å². The summed E-state index contributed by atoms with van der Waals surface area (Å²) in [6.07, 6.45) is 5.25. The molecule has 2 aliphatic rings. The number of aromatic nitrogens is 1. The number of aryl methyl sites for hydroxylation is 2. The Labute approximate surface area is 143 Å². The predicted molar refractivity (Wildman–Crippen MR) is 91.5 cm³/mol. The van der Waals surface area contributed by atoms with Crippen LogP contribution in [0, 0.1) is 6.92 Å². The maximum Gasteiger partial charge on any atom is 0.286 e. The molecule has 1 fully saturated rings. The lowest BCUT2D eigenvalue weighted by molar-refractivity contribution is -0.119. The Bertz CT molecular complexity index is 837. The van der Waals surface area contributed by atoms with Crippen molar-refractivity contribution in [3.63, 3.8) is 0 Å². The Balaban J connectivity index is 1.58. The van der Waals surface area contributed by atoms with Gasteiger partial charge in [-0.2, -0.15) is 0 Å². The summed E-state index contributed by atoms with van der Waals surface area (Å²) >= 11 is 1.11. The van der Waals surface area contributed by atoms with Crippen molar-refractivity contribution in [3.8, 4) is 11.5 Å². The molecule has 0 bridgehead atoms. The molecule has 1 saturated heterocycles. The zero-order valence-corrected chi connectivity index (χ0v) is 13.9. The second kappa shape index (κ2) is 5.94. The van der Waals surface area contributed by atoms with Crippen LogP contribution >= 0.6 is 11.8 Å². The maximum atomic E-state index is 11.9. The van der Waals surface area contributed by atoms with Crippen molar-refractivity contribution in [2.45, 2.75) is 30.9 Å². The molecule has 6 heteroatoms. The maximum absolute atomic E-state index is 11.9. The Morgan fingerprint density at radius 3 is 2.92 bits per heavy atom. The van der Waals surface area contributed by atoms with Gasteiger partial charge in [0.15, 0.2) is 0 Å². The van der Waals surface area contributed by atoms with E-state index in [2.05, 4.69) is 10.3 Å². The Morgan fingerprint density at radius 2 is 2.17 bits per heavy atom. The normalized spacial score (nSPS) is 22.4. The Morgan fingerprint density at radius 1 is 1.29 bits per heavy atom. The number of carbonyl (C=O) groups excluding carboxylic acids is 2. The summed E-state index contributed by atoms with van der Waals surface area (Å²) in [5.74, 6) is 1.49. The van der Waals surface area contributed by atoms with Gasteiger partial charge in [0.05, 0.1) is 0 Å². The van der Waals surface area contributed by atoms with E-state index in [1.807, 2.05) is 31.2 Å². The predicted octanol–water partition coefficient (Wildman–Crippen LogP) is 3.56. The van der Waals surface area contributed by atoms with Gasteiger partial charge in [-0.05, 0) is 49.1 Å². The van der Waals surface area contributed by atoms with Crippen molar-refractivity contribution in [1.29, 1.82) is 0 Å². The van der Waals surface area contributed by atoms with Crippen LogP contribution < -0.4 is 10.1 Å². The lowest BCUT2D eigenvalue weighted by atomic mass is 9.97. The number of carbonyl (C=O) groups is 2. The Hall–Kier alpha value is -2.34. The summed E-state index contributed by atoms with van der Waals surface area (Å²) in [7, 11) is 0. The Kier molecular flexibility index (Phi) is 3.76. The molecule has 0 spiro atoms. The van der Waals surface area contributed by atoms with E-state index in [1.165, 1.54) is 5.56 Å². The fraction of sp³-hybridized carbons (Fsp3) is 0.278. The molecule has 0 saturated carbocycles. The van der Waals surface area contributed by atoms with Crippen LogP contribution in [0.4, 0.5) is 4.79 Å². The molecule has 1 unspecified atom stereocenters. The standard InChI is InChI=1S/C18H16N2O3S/c1-10-9-19-7-6-15(10)23-12-3-5-13-11(8-12)2-4-14(13)16-17(21)20-18(22)24-16/h3,5-9,14,16H,2,4H2,1H3,(H,20,21,22)/t14-,16?/m1/s1. The lowest BCUT2D eigenvalue weighted by Crippen LogP contribution is -2.27. The summed E-state index contributed by atoms with van der Waals surface area (Å²) in [5, 5.41) is 1.82. The van der Waals surface area contributed by atoms with Crippen molar-refractivity contribution in [2.24, 2.45) is 0 Å². The minimum absolute atomic E-state index is 0.0909. The minimum Gasteiger partial charge on any atom is -0.457 e. The van der Waals surface area contributed by atoms with Crippen LogP contribution in [0.1, 0.15) is 29.0 Å². The van der Waals surface area contributed by atoms with Crippen LogP contribution in [0.2, 0.25) is 0 Å². The molecule has 1 aliphatic heterocycles. The number of pyridine rings is 1. The van der Waals surface area contributed by atoms with Gasteiger partial charge in [-0.1, -0.05) is 17.8 Å². The second-order valence-corrected chi connectivity index (χ2v) is 7.18. The number of fused-ring (bicyclic) bond motifs is 1. The molecule has 2 atom stereocenters. The van der Waals surface area contributed by atoms with Crippen LogP contribution in [0.5, 0.6) is 11.5 Å². The molecule has 1 aliphatic carbocycles. The fourth-order valence-corrected chi connectivity index (χ4v) is 4.34. The van der Waals surface area contributed by atoms with E-state index in [9.17, 15) is 9.59 Å². The van der Waals surface area contributed by atoms with Gasteiger partial charge in [-0.25, -0.2) is 0 Å². The highest BCUT2D eigenvalue weighted by molar-refractivity contribution is 8.15. The lowest BCUT2D eigenvalue weighted by Gasteiger charge is -2.16. The summed E-state index contributed by atoms with van der Waals surface area (Å²) in [5.41, 5.74) is 3.32. The zero-order valence-electron chi connectivity index (χ0n) is 13.1. The summed E-state index contributed by atoms with van der Waals surface area (Å²) < 4.78 is 5.95. The van der Waals surface area contributed by atoms with Crippen LogP contribution in [-0.2, 0) is 11.2 Å². The summed E-state index contributed by atoms with van der Waals surface area (Å²) in [6, 6.07) is 7.83. The SMILES string of the molecule is Cc1cnccc1Oc1ccc2c(c1)CC[C@H]2C1SC(=O)NC1=O. The molecule has 24 heavy (non-hydrogen) atoms. The highest BCUT2D eigenvalue weighted by atomic mass is 32.2. The first-order chi connectivity index (χ1) is 11.6. The van der Waals surface area contributed by atoms with E-state index in [4.69, 9.17) is 4.74 Å².